The van der Waals surface area contributed by atoms with Crippen LogP contribution in [0, 0.1) is 0 Å². The van der Waals surface area contributed by atoms with E-state index in [0.717, 1.165) is 22.6 Å². The number of hydrogen-bond donors (Lipinski definition) is 1. The number of benzene rings is 1. The molecule has 0 heterocycles. The lowest BCUT2D eigenvalue weighted by molar-refractivity contribution is 0.767. The van der Waals surface area contributed by atoms with Gasteiger partial charge in [0.25, 0.3) is 0 Å². The van der Waals surface area contributed by atoms with Crippen molar-refractivity contribution in [1.82, 2.24) is 0 Å². The van der Waals surface area contributed by atoms with E-state index in [0.29, 0.717) is 0 Å². The summed E-state index contributed by atoms with van der Waals surface area (Å²) >= 11 is 5.84. The average Bonchev–Trinajstić information content (AvgIpc) is 2.04. The molecule has 0 saturated heterocycles. The number of hydrogen-bond acceptors (Lipinski definition) is 1. The molecule has 1 nitrogen and oxygen atoms in total. The molecule has 70 valence electrons. The summed E-state index contributed by atoms with van der Waals surface area (Å²) in [5, 5.41) is 0.756. The molecule has 0 saturated carbocycles. The van der Waals surface area contributed by atoms with E-state index in [4.69, 9.17) is 17.3 Å². The summed E-state index contributed by atoms with van der Waals surface area (Å²) in [4.78, 5) is 0. The van der Waals surface area contributed by atoms with Crippen LogP contribution in [0.3, 0.4) is 0 Å². The zero-order valence-electron chi connectivity index (χ0n) is 7.76. The Kier molecular flexibility index (Phi) is 3.52. The van der Waals surface area contributed by atoms with Crippen molar-refractivity contribution >= 4 is 11.6 Å². The second-order valence-electron chi connectivity index (χ2n) is 3.29. The Balaban J connectivity index is 2.69. The maximum Gasteiger partial charge on any atom is 0.0408 e. The van der Waals surface area contributed by atoms with Crippen LogP contribution in [0.5, 0.6) is 0 Å². The van der Waals surface area contributed by atoms with Crippen LogP contribution in [0.15, 0.2) is 36.4 Å². The number of rotatable bonds is 3. The molecule has 0 bridgehead atoms. The van der Waals surface area contributed by atoms with Gasteiger partial charge in [0, 0.05) is 11.1 Å². The normalized spacial score (nSPS) is 12.5. The number of nitrogens with two attached hydrogens (primary N) is 1. The fourth-order valence-corrected chi connectivity index (χ4v) is 1.30. The van der Waals surface area contributed by atoms with Gasteiger partial charge in [0.15, 0.2) is 0 Å². The first-order chi connectivity index (χ1) is 6.09. The van der Waals surface area contributed by atoms with Gasteiger partial charge in [0.1, 0.15) is 0 Å². The molecule has 13 heavy (non-hydrogen) atoms. The molecule has 1 rings (SSSR count). The summed E-state index contributed by atoms with van der Waals surface area (Å²) < 4.78 is 0. The van der Waals surface area contributed by atoms with Crippen LogP contribution in [0.2, 0.25) is 5.02 Å². The average molecular weight is 196 g/mol. The van der Waals surface area contributed by atoms with Crippen molar-refractivity contribution in [3.8, 4) is 0 Å². The van der Waals surface area contributed by atoms with Crippen LogP contribution >= 0.6 is 11.6 Å². The Morgan fingerprint density at radius 3 is 2.85 bits per heavy atom. The summed E-state index contributed by atoms with van der Waals surface area (Å²) in [6, 6.07) is 7.78. The van der Waals surface area contributed by atoms with Crippen LogP contribution in [-0.2, 0) is 6.42 Å². The summed E-state index contributed by atoms with van der Waals surface area (Å²) in [6.45, 7) is 5.76. The van der Waals surface area contributed by atoms with Gasteiger partial charge >= 0.3 is 0 Å². The lowest BCUT2D eigenvalue weighted by Gasteiger charge is -2.10. The molecule has 2 N–H and O–H groups in total. The van der Waals surface area contributed by atoms with Crippen molar-refractivity contribution in [2.75, 3.05) is 0 Å². The minimum atomic E-state index is 0.0264. The SMILES string of the molecule is C=C(C)C(N)Cc1cccc(Cl)c1. The lowest BCUT2D eigenvalue weighted by atomic mass is 10.0. The molecule has 0 fully saturated rings. The monoisotopic (exact) mass is 195 g/mol. The molecule has 1 aromatic carbocycles. The first kappa shape index (κ1) is 10.3. The van der Waals surface area contributed by atoms with Gasteiger partial charge in [0.2, 0.25) is 0 Å². The molecule has 0 spiro atoms. The predicted octanol–water partition coefficient (Wildman–Crippen LogP) is 2.79. The maximum absolute atomic E-state index is 5.86. The molecule has 0 amide bonds. The van der Waals surface area contributed by atoms with E-state index in [9.17, 15) is 0 Å². The van der Waals surface area contributed by atoms with E-state index in [1.54, 1.807) is 0 Å². The summed E-state index contributed by atoms with van der Waals surface area (Å²) in [5.74, 6) is 0. The highest BCUT2D eigenvalue weighted by atomic mass is 35.5. The summed E-state index contributed by atoms with van der Waals surface area (Å²) in [6.07, 6.45) is 0.801. The van der Waals surface area contributed by atoms with Gasteiger partial charge in [-0.25, -0.2) is 0 Å². The highest BCUT2D eigenvalue weighted by Gasteiger charge is 2.04. The van der Waals surface area contributed by atoms with Crippen LogP contribution in [0.1, 0.15) is 12.5 Å². The third-order valence-electron chi connectivity index (χ3n) is 1.98. The van der Waals surface area contributed by atoms with Crippen LogP contribution < -0.4 is 5.73 Å². The van der Waals surface area contributed by atoms with Crippen molar-refractivity contribution in [2.45, 2.75) is 19.4 Å². The van der Waals surface area contributed by atoms with Crippen molar-refractivity contribution in [1.29, 1.82) is 0 Å². The first-order valence-corrected chi connectivity index (χ1v) is 4.63. The first-order valence-electron chi connectivity index (χ1n) is 4.25. The Morgan fingerprint density at radius 1 is 1.62 bits per heavy atom. The van der Waals surface area contributed by atoms with Crippen LogP contribution in [-0.4, -0.2) is 6.04 Å². The van der Waals surface area contributed by atoms with E-state index in [-0.39, 0.29) is 6.04 Å². The second-order valence-corrected chi connectivity index (χ2v) is 3.72. The highest BCUT2D eigenvalue weighted by Crippen LogP contribution is 2.13. The fraction of sp³-hybridized carbons (Fsp3) is 0.273. The minimum Gasteiger partial charge on any atom is -0.324 e. The molecule has 0 radical (unpaired) electrons. The standard InChI is InChI=1S/C11H14ClN/c1-8(2)11(13)7-9-4-3-5-10(12)6-9/h3-6,11H,1,7,13H2,2H3. The number of halogens is 1. The van der Waals surface area contributed by atoms with Gasteiger partial charge < -0.3 is 5.73 Å². The maximum atomic E-state index is 5.86. The van der Waals surface area contributed by atoms with E-state index in [1.165, 1.54) is 0 Å². The van der Waals surface area contributed by atoms with Crippen molar-refractivity contribution in [3.63, 3.8) is 0 Å². The zero-order valence-corrected chi connectivity index (χ0v) is 8.51. The molecule has 1 unspecified atom stereocenters. The fourth-order valence-electron chi connectivity index (χ4n) is 1.09. The van der Waals surface area contributed by atoms with Gasteiger partial charge in [-0.2, -0.15) is 0 Å². The van der Waals surface area contributed by atoms with Crippen LogP contribution in [0.25, 0.3) is 0 Å². The van der Waals surface area contributed by atoms with Gasteiger partial charge in [-0.3, -0.25) is 0 Å². The van der Waals surface area contributed by atoms with Gasteiger partial charge in [0.05, 0.1) is 0 Å². The topological polar surface area (TPSA) is 26.0 Å². The molecule has 0 aliphatic rings. The van der Waals surface area contributed by atoms with Crippen molar-refractivity contribution < 1.29 is 0 Å². The molecule has 1 atom stereocenters. The van der Waals surface area contributed by atoms with E-state index < -0.39 is 0 Å². The third-order valence-corrected chi connectivity index (χ3v) is 2.21. The Hall–Kier alpha value is -0.790. The van der Waals surface area contributed by atoms with Crippen LogP contribution in [0.4, 0.5) is 0 Å². The summed E-state index contributed by atoms with van der Waals surface area (Å²) in [7, 11) is 0. The van der Waals surface area contributed by atoms with E-state index in [2.05, 4.69) is 6.58 Å². The molecule has 0 aliphatic heterocycles. The van der Waals surface area contributed by atoms with Crippen molar-refractivity contribution in [2.24, 2.45) is 5.73 Å². The molecule has 0 aromatic heterocycles. The van der Waals surface area contributed by atoms with E-state index >= 15 is 0 Å². The summed E-state index contributed by atoms with van der Waals surface area (Å²) in [5.41, 5.74) is 8.01. The van der Waals surface area contributed by atoms with Gasteiger partial charge in [-0.05, 0) is 31.0 Å². The smallest absolute Gasteiger partial charge is 0.0408 e. The molecular weight excluding hydrogens is 182 g/mol. The Morgan fingerprint density at radius 2 is 2.31 bits per heavy atom. The molecule has 1 aromatic rings. The highest BCUT2D eigenvalue weighted by molar-refractivity contribution is 6.30. The Bertz CT molecular complexity index is 307. The quantitative estimate of drug-likeness (QED) is 0.738. The lowest BCUT2D eigenvalue weighted by Crippen LogP contribution is -2.23. The van der Waals surface area contributed by atoms with E-state index in [1.807, 2.05) is 31.2 Å². The molecule has 2 heteroatoms. The van der Waals surface area contributed by atoms with Crippen molar-refractivity contribution in [3.05, 3.63) is 47.0 Å². The van der Waals surface area contributed by atoms with Gasteiger partial charge in [-0.15, -0.1) is 0 Å². The second kappa shape index (κ2) is 4.45. The third kappa shape index (κ3) is 3.21. The predicted molar refractivity (Wildman–Crippen MR) is 57.9 cm³/mol. The molecular formula is C11H14ClN. The Labute approximate surface area is 84.2 Å². The minimum absolute atomic E-state index is 0.0264. The largest absolute Gasteiger partial charge is 0.324 e. The zero-order chi connectivity index (χ0) is 9.84. The van der Waals surface area contributed by atoms with Gasteiger partial charge in [-0.1, -0.05) is 35.9 Å². The molecule has 0 aliphatic carbocycles.